The maximum absolute atomic E-state index is 13.5. The SMILES string of the molecule is O=C(Nc1ccc(-c2nccs2)cc1)c1c(F)cccc1F. The van der Waals surface area contributed by atoms with E-state index < -0.39 is 23.1 Å². The molecule has 1 aromatic heterocycles. The maximum atomic E-state index is 13.5. The molecule has 1 amide bonds. The molecule has 0 aliphatic carbocycles. The highest BCUT2D eigenvalue weighted by atomic mass is 32.1. The van der Waals surface area contributed by atoms with Gasteiger partial charge in [-0.15, -0.1) is 11.3 Å². The van der Waals surface area contributed by atoms with Crippen molar-refractivity contribution in [2.24, 2.45) is 0 Å². The van der Waals surface area contributed by atoms with E-state index in [1.54, 1.807) is 30.5 Å². The Morgan fingerprint density at radius 2 is 1.73 bits per heavy atom. The van der Waals surface area contributed by atoms with Crippen LogP contribution in [0.5, 0.6) is 0 Å². The van der Waals surface area contributed by atoms with Crippen molar-refractivity contribution in [2.75, 3.05) is 5.32 Å². The standard InChI is InChI=1S/C16H10F2N2OS/c17-12-2-1-3-13(18)14(12)15(21)20-11-6-4-10(5-7-11)16-19-8-9-22-16/h1-9H,(H,20,21). The molecule has 0 radical (unpaired) electrons. The third-order valence-corrected chi connectivity index (χ3v) is 3.83. The zero-order chi connectivity index (χ0) is 15.5. The van der Waals surface area contributed by atoms with Crippen molar-refractivity contribution in [1.82, 2.24) is 4.98 Å². The van der Waals surface area contributed by atoms with Gasteiger partial charge in [0.25, 0.3) is 5.91 Å². The Hall–Kier alpha value is -2.60. The summed E-state index contributed by atoms with van der Waals surface area (Å²) in [5.41, 5.74) is 0.768. The van der Waals surface area contributed by atoms with Crippen molar-refractivity contribution in [1.29, 1.82) is 0 Å². The van der Waals surface area contributed by atoms with E-state index in [-0.39, 0.29) is 0 Å². The van der Waals surface area contributed by atoms with E-state index in [0.29, 0.717) is 5.69 Å². The Kier molecular flexibility index (Phi) is 3.93. The first-order valence-corrected chi connectivity index (χ1v) is 7.28. The van der Waals surface area contributed by atoms with Crippen LogP contribution in [0.15, 0.2) is 54.0 Å². The van der Waals surface area contributed by atoms with Crippen LogP contribution in [0.4, 0.5) is 14.5 Å². The number of hydrogen-bond donors (Lipinski definition) is 1. The summed E-state index contributed by atoms with van der Waals surface area (Å²) in [7, 11) is 0. The Morgan fingerprint density at radius 3 is 2.32 bits per heavy atom. The zero-order valence-electron chi connectivity index (χ0n) is 11.2. The van der Waals surface area contributed by atoms with Gasteiger partial charge in [0.1, 0.15) is 22.2 Å². The van der Waals surface area contributed by atoms with Crippen LogP contribution in [0, 0.1) is 11.6 Å². The minimum Gasteiger partial charge on any atom is -0.322 e. The van der Waals surface area contributed by atoms with E-state index in [0.717, 1.165) is 22.7 Å². The topological polar surface area (TPSA) is 42.0 Å². The number of benzene rings is 2. The summed E-state index contributed by atoms with van der Waals surface area (Å²) in [6.07, 6.45) is 1.71. The molecule has 0 unspecified atom stereocenters. The van der Waals surface area contributed by atoms with Gasteiger partial charge >= 0.3 is 0 Å². The van der Waals surface area contributed by atoms with E-state index in [9.17, 15) is 13.6 Å². The van der Waals surface area contributed by atoms with Crippen LogP contribution in [-0.2, 0) is 0 Å². The van der Waals surface area contributed by atoms with Gasteiger partial charge in [0.15, 0.2) is 0 Å². The van der Waals surface area contributed by atoms with Gasteiger partial charge in [-0.25, -0.2) is 13.8 Å². The Morgan fingerprint density at radius 1 is 1.05 bits per heavy atom. The molecule has 3 aromatic rings. The van der Waals surface area contributed by atoms with Crippen molar-refractivity contribution in [3.63, 3.8) is 0 Å². The molecule has 0 saturated carbocycles. The molecular formula is C16H10F2N2OS. The molecule has 2 aromatic carbocycles. The number of aromatic nitrogens is 1. The van der Waals surface area contributed by atoms with Gasteiger partial charge in [0.05, 0.1) is 0 Å². The number of halogens is 2. The number of nitrogens with one attached hydrogen (secondary N) is 1. The van der Waals surface area contributed by atoms with Crippen LogP contribution >= 0.6 is 11.3 Å². The largest absolute Gasteiger partial charge is 0.322 e. The normalized spacial score (nSPS) is 10.5. The number of rotatable bonds is 3. The highest BCUT2D eigenvalue weighted by molar-refractivity contribution is 7.13. The Bertz CT molecular complexity index is 781. The fraction of sp³-hybridized carbons (Fsp3) is 0. The molecule has 0 saturated heterocycles. The fourth-order valence-electron chi connectivity index (χ4n) is 1.97. The maximum Gasteiger partial charge on any atom is 0.261 e. The van der Waals surface area contributed by atoms with E-state index in [1.165, 1.54) is 17.4 Å². The van der Waals surface area contributed by atoms with Crippen LogP contribution in [0.1, 0.15) is 10.4 Å². The number of anilines is 1. The summed E-state index contributed by atoms with van der Waals surface area (Å²) in [4.78, 5) is 16.1. The van der Waals surface area contributed by atoms with Crippen molar-refractivity contribution in [2.45, 2.75) is 0 Å². The number of carbonyl (C=O) groups excluding carboxylic acids is 1. The van der Waals surface area contributed by atoms with Gasteiger partial charge < -0.3 is 5.32 Å². The highest BCUT2D eigenvalue weighted by Gasteiger charge is 2.17. The quantitative estimate of drug-likeness (QED) is 0.781. The molecule has 0 bridgehead atoms. The summed E-state index contributed by atoms with van der Waals surface area (Å²) < 4.78 is 27.1. The molecule has 3 rings (SSSR count). The van der Waals surface area contributed by atoms with E-state index in [4.69, 9.17) is 0 Å². The number of thiazole rings is 1. The summed E-state index contributed by atoms with van der Waals surface area (Å²) in [6, 6.07) is 10.2. The predicted octanol–water partition coefficient (Wildman–Crippen LogP) is 4.34. The minimum atomic E-state index is -0.892. The minimum absolute atomic E-state index is 0.452. The lowest BCUT2D eigenvalue weighted by Gasteiger charge is -2.07. The number of amides is 1. The molecule has 110 valence electrons. The van der Waals surface area contributed by atoms with Crippen LogP contribution in [0.3, 0.4) is 0 Å². The van der Waals surface area contributed by atoms with Gasteiger partial charge in [-0.3, -0.25) is 4.79 Å². The van der Waals surface area contributed by atoms with Gasteiger partial charge in [-0.1, -0.05) is 6.07 Å². The third kappa shape index (κ3) is 2.87. The third-order valence-electron chi connectivity index (χ3n) is 3.01. The first-order chi connectivity index (χ1) is 10.6. The molecule has 0 spiro atoms. The number of carbonyl (C=O) groups is 1. The number of nitrogens with zero attached hydrogens (tertiary/aromatic N) is 1. The molecule has 0 atom stereocenters. The second kappa shape index (κ2) is 6.03. The summed E-state index contributed by atoms with van der Waals surface area (Å²) in [5, 5.41) is 5.20. The van der Waals surface area contributed by atoms with Gasteiger partial charge in [-0.05, 0) is 36.4 Å². The second-order valence-corrected chi connectivity index (χ2v) is 5.36. The second-order valence-electron chi connectivity index (χ2n) is 4.47. The van der Waals surface area contributed by atoms with Crippen molar-refractivity contribution in [3.05, 3.63) is 71.2 Å². The van der Waals surface area contributed by atoms with E-state index in [1.807, 2.05) is 5.38 Å². The molecule has 0 aliphatic heterocycles. The lowest BCUT2D eigenvalue weighted by atomic mass is 10.1. The van der Waals surface area contributed by atoms with Crippen LogP contribution < -0.4 is 5.32 Å². The van der Waals surface area contributed by atoms with Gasteiger partial charge in [0, 0.05) is 22.8 Å². The van der Waals surface area contributed by atoms with E-state index in [2.05, 4.69) is 10.3 Å². The van der Waals surface area contributed by atoms with Crippen LogP contribution in [0.25, 0.3) is 10.6 Å². The summed E-state index contributed by atoms with van der Waals surface area (Å²) in [5.74, 6) is -2.61. The first kappa shape index (κ1) is 14.3. The predicted molar refractivity (Wildman–Crippen MR) is 81.9 cm³/mol. The molecule has 22 heavy (non-hydrogen) atoms. The average Bonchev–Trinajstić information content (AvgIpc) is 3.02. The molecule has 0 aliphatic rings. The van der Waals surface area contributed by atoms with E-state index >= 15 is 0 Å². The van der Waals surface area contributed by atoms with Crippen molar-refractivity contribution in [3.8, 4) is 10.6 Å². The molecule has 1 heterocycles. The lowest BCUT2D eigenvalue weighted by molar-refractivity contribution is 0.101. The van der Waals surface area contributed by atoms with Crippen molar-refractivity contribution < 1.29 is 13.6 Å². The molecule has 6 heteroatoms. The number of hydrogen-bond acceptors (Lipinski definition) is 3. The molecule has 3 nitrogen and oxygen atoms in total. The highest BCUT2D eigenvalue weighted by Crippen LogP contribution is 2.23. The van der Waals surface area contributed by atoms with Crippen LogP contribution in [-0.4, -0.2) is 10.9 Å². The lowest BCUT2D eigenvalue weighted by Crippen LogP contribution is -2.15. The Balaban J connectivity index is 1.80. The average molecular weight is 316 g/mol. The Labute approximate surface area is 129 Å². The summed E-state index contributed by atoms with van der Waals surface area (Å²) in [6.45, 7) is 0. The molecule has 0 fully saturated rings. The van der Waals surface area contributed by atoms with Crippen LogP contribution in [0.2, 0.25) is 0 Å². The summed E-state index contributed by atoms with van der Waals surface area (Å²) >= 11 is 1.50. The first-order valence-electron chi connectivity index (χ1n) is 6.40. The van der Waals surface area contributed by atoms with Gasteiger partial charge in [-0.2, -0.15) is 0 Å². The molecule has 1 N–H and O–H groups in total. The molecular weight excluding hydrogens is 306 g/mol. The smallest absolute Gasteiger partial charge is 0.261 e. The fourth-order valence-corrected chi connectivity index (χ4v) is 2.61. The zero-order valence-corrected chi connectivity index (χ0v) is 12.0. The van der Waals surface area contributed by atoms with Gasteiger partial charge in [0.2, 0.25) is 0 Å². The van der Waals surface area contributed by atoms with Crippen molar-refractivity contribution >= 4 is 22.9 Å². The monoisotopic (exact) mass is 316 g/mol.